The Kier molecular flexibility index (Phi) is 22.4. The third kappa shape index (κ3) is 15.0. The average molecular weight is 930 g/mol. The molecule has 1 saturated carbocycles. The number of carbonyl (C=O) groups excluding carboxylic acids is 3. The summed E-state index contributed by atoms with van der Waals surface area (Å²) in [5.41, 5.74) is 4.29. The van der Waals surface area contributed by atoms with Crippen LogP contribution < -0.4 is 10.6 Å². The third-order valence-electron chi connectivity index (χ3n) is 7.79. The van der Waals surface area contributed by atoms with Crippen molar-refractivity contribution in [1.29, 1.82) is 0 Å². The quantitative estimate of drug-likeness (QED) is 0.0817. The van der Waals surface area contributed by atoms with Crippen LogP contribution in [0.4, 0.5) is 11.4 Å². The van der Waals surface area contributed by atoms with Gasteiger partial charge in [-0.25, -0.2) is 9.98 Å². The standard InChI is InChI=1S/C21H26BrN3O2.C16H22NO.CH3.U/c1-6-10-11-23-20(9-4)25-19(8-3)21(27)24-15-12-17(14(5)26)16(7-2)18(22)13-15;1-3-13-6-8-14(9-7-13)16(18)17-15-10-4-12(2)5-11-15;;/h6,8,10-13H,7,9H2,1-5H3,(H,24,27);4,10-11,13-14H,3,6-9H2,1-2H3,(H,17,18);1H3;/q;2*-1;+2/b10-6-,19-8-,23-11?,25-20?;;;. The first-order valence-electron chi connectivity index (χ1n) is 15.9. The Morgan fingerprint density at radius 1 is 1.02 bits per heavy atom. The molecule has 9 heteroatoms. The molecule has 1 aliphatic rings. The van der Waals surface area contributed by atoms with Crippen LogP contribution in [-0.2, 0) is 16.0 Å². The van der Waals surface area contributed by atoms with E-state index in [9.17, 15) is 14.4 Å². The van der Waals surface area contributed by atoms with Gasteiger partial charge in [0.05, 0.1) is 0 Å². The normalized spacial score (nSPS) is 16.4. The van der Waals surface area contributed by atoms with Gasteiger partial charge in [0.2, 0.25) is 5.91 Å². The van der Waals surface area contributed by atoms with Crippen LogP contribution in [0.3, 0.4) is 0 Å². The third-order valence-corrected chi connectivity index (χ3v) is 8.50. The van der Waals surface area contributed by atoms with Crippen LogP contribution in [-0.4, -0.2) is 29.6 Å². The van der Waals surface area contributed by atoms with Crippen LogP contribution >= 0.6 is 15.9 Å². The van der Waals surface area contributed by atoms with Gasteiger partial charge in [-0.15, -0.1) is 6.07 Å². The molecule has 0 aromatic heterocycles. The van der Waals surface area contributed by atoms with Crippen LogP contribution in [0.5, 0.6) is 0 Å². The van der Waals surface area contributed by atoms with E-state index < -0.39 is 0 Å². The van der Waals surface area contributed by atoms with Crippen LogP contribution in [0.1, 0.15) is 102 Å². The summed E-state index contributed by atoms with van der Waals surface area (Å²) in [5.74, 6) is 1.39. The Hall–Kier alpha value is -2.60. The number of nitrogens with zero attached hydrogens (tertiary/aromatic N) is 2. The molecule has 0 bridgehead atoms. The molecule has 0 spiro atoms. The van der Waals surface area contributed by atoms with Gasteiger partial charge in [-0.3, -0.25) is 14.4 Å². The molecule has 1 fully saturated rings. The molecule has 1 aliphatic carbocycles. The fourth-order valence-corrected chi connectivity index (χ4v) is 5.78. The molecule has 2 N–H and O–H groups in total. The summed E-state index contributed by atoms with van der Waals surface area (Å²) in [4.78, 5) is 45.3. The van der Waals surface area contributed by atoms with E-state index in [-0.39, 0.29) is 67.8 Å². The van der Waals surface area contributed by atoms with E-state index in [2.05, 4.69) is 49.5 Å². The number of Topliss-reactive ketones (excluding diaryl/α,β-unsaturated/α-hetero) is 1. The first-order chi connectivity index (χ1) is 21.6. The van der Waals surface area contributed by atoms with E-state index >= 15 is 0 Å². The van der Waals surface area contributed by atoms with Crippen LogP contribution in [0.2, 0.25) is 0 Å². The topological polar surface area (TPSA) is 100.0 Å². The summed E-state index contributed by atoms with van der Waals surface area (Å²) in [6.07, 6.45) is 14.0. The molecule has 0 saturated heterocycles. The van der Waals surface area contributed by atoms with Gasteiger partial charge in [-0.1, -0.05) is 67.9 Å². The molecule has 47 heavy (non-hydrogen) atoms. The Bertz CT molecular complexity index is 1420. The molecule has 0 radical (unpaired) electrons. The van der Waals surface area contributed by atoms with Gasteiger partial charge in [-0.2, -0.15) is 23.8 Å². The predicted molar refractivity (Wildman–Crippen MR) is 198 cm³/mol. The monoisotopic (exact) mass is 928 g/mol. The largest absolute Gasteiger partial charge is 2.00 e. The fraction of sp³-hybridized carbons (Fsp3) is 0.421. The second kappa shape index (κ2) is 23.7. The number of amides is 2. The van der Waals surface area contributed by atoms with Crippen molar-refractivity contribution in [2.45, 2.75) is 93.4 Å². The second-order valence-corrected chi connectivity index (χ2v) is 11.9. The number of allylic oxidation sites excluding steroid dienone is 3. The van der Waals surface area contributed by atoms with E-state index in [0.29, 0.717) is 23.5 Å². The number of aliphatic imine (C=N–C) groups is 2. The van der Waals surface area contributed by atoms with Crippen molar-refractivity contribution in [2.24, 2.45) is 21.8 Å². The van der Waals surface area contributed by atoms with Gasteiger partial charge in [0.15, 0.2) is 5.78 Å². The number of ketones is 1. The van der Waals surface area contributed by atoms with Gasteiger partial charge in [0.1, 0.15) is 11.5 Å². The van der Waals surface area contributed by atoms with Crippen molar-refractivity contribution >= 4 is 57.0 Å². The molecule has 0 heterocycles. The molecule has 2 aromatic rings. The molecular formula is C38H51BrN4O3U. The maximum absolute atomic E-state index is 12.6. The smallest absolute Gasteiger partial charge is 0.379 e. The number of carbonyl (C=O) groups is 3. The minimum Gasteiger partial charge on any atom is -0.379 e. The zero-order valence-corrected chi connectivity index (χ0v) is 35.0. The number of nitrogens with one attached hydrogen (secondary N) is 2. The first-order valence-corrected chi connectivity index (χ1v) is 16.7. The number of hydrogen-bond donors (Lipinski definition) is 2. The number of halogens is 1. The Morgan fingerprint density at radius 2 is 1.70 bits per heavy atom. The Balaban J connectivity index is 0.000000922. The maximum atomic E-state index is 12.6. The van der Waals surface area contributed by atoms with E-state index in [1.54, 1.807) is 37.4 Å². The molecule has 2 aromatic carbocycles. The molecule has 0 aliphatic heterocycles. The number of aryl methyl sites for hydroxylation is 1. The predicted octanol–water partition coefficient (Wildman–Crippen LogP) is 9.91. The summed E-state index contributed by atoms with van der Waals surface area (Å²) in [6, 6.07) is 12.4. The zero-order chi connectivity index (χ0) is 33.4. The van der Waals surface area contributed by atoms with E-state index in [1.807, 2.05) is 52.0 Å². The SMILES string of the molecule is C/C=C\C=NC(CC)=N/C(=C\C)C(=O)Nc1cc(Br)c(CC)c(C(C)=O)c1.CCC1CCC(C(=O)Nc2c[c-]c(C)cc2)CC1.[CH3-].[U+2]. The number of amidine groups is 1. The molecule has 2 amide bonds. The van der Waals surface area contributed by atoms with Crippen molar-refractivity contribution in [3.05, 3.63) is 88.9 Å². The minimum atomic E-state index is -0.352. The fourth-order valence-electron chi connectivity index (χ4n) is 5.03. The van der Waals surface area contributed by atoms with Gasteiger partial charge < -0.3 is 18.1 Å². The Morgan fingerprint density at radius 3 is 2.21 bits per heavy atom. The van der Waals surface area contributed by atoms with E-state index in [1.165, 1.54) is 26.2 Å². The van der Waals surface area contributed by atoms with E-state index in [0.717, 1.165) is 46.5 Å². The summed E-state index contributed by atoms with van der Waals surface area (Å²) in [6.45, 7) is 13.3. The summed E-state index contributed by atoms with van der Waals surface area (Å²) < 4.78 is 0.795. The number of rotatable bonds is 10. The van der Waals surface area contributed by atoms with Gasteiger partial charge >= 0.3 is 31.1 Å². The maximum Gasteiger partial charge on any atom is 2.00 e. The summed E-state index contributed by atoms with van der Waals surface area (Å²) >= 11 is 3.49. The van der Waals surface area contributed by atoms with Crippen molar-refractivity contribution in [2.75, 3.05) is 10.6 Å². The molecule has 252 valence electrons. The number of benzene rings is 2. The van der Waals surface area contributed by atoms with Crippen LogP contribution in [0.25, 0.3) is 0 Å². The zero-order valence-electron chi connectivity index (χ0n) is 29.3. The average Bonchev–Trinajstić information content (AvgIpc) is 3.03. The van der Waals surface area contributed by atoms with Gasteiger partial charge in [-0.05, 0) is 82.6 Å². The van der Waals surface area contributed by atoms with Crippen LogP contribution in [0, 0.1) is 63.4 Å². The molecular weight excluding hydrogens is 878 g/mol. The van der Waals surface area contributed by atoms with Crippen molar-refractivity contribution < 1.29 is 45.5 Å². The summed E-state index contributed by atoms with van der Waals surface area (Å²) in [5, 5.41) is 5.82. The van der Waals surface area contributed by atoms with Crippen molar-refractivity contribution in [3.8, 4) is 0 Å². The molecule has 3 rings (SSSR count). The number of hydrogen-bond acceptors (Lipinski definition) is 4. The minimum absolute atomic E-state index is 0. The first kappa shape index (κ1) is 44.4. The number of anilines is 2. The van der Waals surface area contributed by atoms with Gasteiger partial charge in [0.25, 0.3) is 5.91 Å². The summed E-state index contributed by atoms with van der Waals surface area (Å²) in [7, 11) is 0. The van der Waals surface area contributed by atoms with Crippen molar-refractivity contribution in [1.82, 2.24) is 0 Å². The molecule has 0 atom stereocenters. The molecule has 0 unspecified atom stereocenters. The Labute approximate surface area is 315 Å². The van der Waals surface area contributed by atoms with Crippen molar-refractivity contribution in [3.63, 3.8) is 0 Å². The van der Waals surface area contributed by atoms with Crippen LogP contribution in [0.15, 0.2) is 68.7 Å². The molecule has 7 nitrogen and oxygen atoms in total. The van der Waals surface area contributed by atoms with Gasteiger partial charge in [0, 0.05) is 34.3 Å². The van der Waals surface area contributed by atoms with E-state index in [4.69, 9.17) is 0 Å². The second-order valence-electron chi connectivity index (χ2n) is 11.1.